The Bertz CT molecular complexity index is 166. The largest absolute Gasteiger partial charge is 0.0654 e. The second kappa shape index (κ2) is 12.9. The minimum Gasteiger partial charge on any atom is -0.0654 e. The molecule has 0 atom stereocenters. The molecule has 0 spiro atoms. The van der Waals surface area contributed by atoms with Crippen LogP contribution in [0.3, 0.4) is 0 Å². The first kappa shape index (κ1) is 18.9. The average Bonchev–Trinajstić information content (AvgIpc) is 2.29. The van der Waals surface area contributed by atoms with Gasteiger partial charge in [0.1, 0.15) is 0 Å². The summed E-state index contributed by atoms with van der Waals surface area (Å²) in [5.41, 5.74) is 0. The monoisotopic (exact) mass is 309 g/mol. The molecule has 0 N–H and O–H groups in total. The lowest BCUT2D eigenvalue weighted by Gasteiger charge is -2.14. The quantitative estimate of drug-likeness (QED) is 0.354. The van der Waals surface area contributed by atoms with E-state index < -0.39 is 6.63 Å². The van der Waals surface area contributed by atoms with Gasteiger partial charge >= 0.3 is 0 Å². The molecule has 0 unspecified atom stereocenters. The summed E-state index contributed by atoms with van der Waals surface area (Å²) in [5, 5.41) is 0. The van der Waals surface area contributed by atoms with Crippen LogP contribution in [0.15, 0.2) is 0 Å². The number of hydrogen-bond donors (Lipinski definition) is 0. The second-order valence-electron chi connectivity index (χ2n) is 5.54. The van der Waals surface area contributed by atoms with Crippen LogP contribution in [0, 0.1) is 0 Å². The fraction of sp³-hybridized carbons (Fsp3) is 1.00. The Morgan fingerprint density at radius 1 is 0.556 bits per heavy atom. The molecule has 4 heteroatoms. The van der Waals surface area contributed by atoms with Crippen LogP contribution in [-0.2, 0) is 0 Å². The molecular formula is C14H29Si4. The Hall–Kier alpha value is 0.868. The predicted octanol–water partition coefficient (Wildman–Crippen LogP) is 4.13. The first-order chi connectivity index (χ1) is 8.56. The van der Waals surface area contributed by atoms with Crippen LogP contribution in [0.2, 0.25) is 6.04 Å². The summed E-state index contributed by atoms with van der Waals surface area (Å²) in [5.74, 6) is 0. The van der Waals surface area contributed by atoms with E-state index in [2.05, 4.69) is 36.2 Å². The highest BCUT2D eigenvalue weighted by molar-refractivity contribution is 7.60. The molecule has 0 saturated heterocycles. The lowest BCUT2D eigenvalue weighted by Crippen LogP contribution is -2.37. The Balaban J connectivity index is 2.99. The summed E-state index contributed by atoms with van der Waals surface area (Å²) in [7, 11) is 11.2. The minimum atomic E-state index is -1.34. The molecule has 0 aliphatic heterocycles. The van der Waals surface area contributed by atoms with Crippen molar-refractivity contribution in [2.24, 2.45) is 0 Å². The van der Waals surface area contributed by atoms with E-state index in [1.165, 1.54) is 83.1 Å². The lowest BCUT2D eigenvalue weighted by molar-refractivity contribution is 0.548. The summed E-state index contributed by atoms with van der Waals surface area (Å²) in [6, 6.07) is 1.27. The fourth-order valence-electron chi connectivity index (χ4n) is 2.23. The van der Waals surface area contributed by atoms with Crippen LogP contribution in [0.5, 0.6) is 0 Å². The van der Waals surface area contributed by atoms with Crippen molar-refractivity contribution in [1.29, 1.82) is 0 Å². The molecule has 9 radical (unpaired) electrons. The first-order valence-corrected chi connectivity index (χ1v) is 14.5. The van der Waals surface area contributed by atoms with Crippen molar-refractivity contribution in [2.75, 3.05) is 0 Å². The van der Waals surface area contributed by atoms with Gasteiger partial charge in [0, 0.05) is 35.9 Å². The number of unbranched alkanes of at least 4 members (excludes halogenated alkanes) is 11. The Kier molecular flexibility index (Phi) is 13.5. The van der Waals surface area contributed by atoms with Crippen molar-refractivity contribution in [3.8, 4) is 0 Å². The molecule has 101 valence electrons. The zero-order valence-corrected chi connectivity index (χ0v) is 16.2. The Morgan fingerprint density at radius 2 is 0.889 bits per heavy atom. The van der Waals surface area contributed by atoms with E-state index in [-0.39, 0.29) is 0 Å². The van der Waals surface area contributed by atoms with Gasteiger partial charge in [-0.25, -0.2) is 0 Å². The van der Waals surface area contributed by atoms with E-state index in [0.717, 1.165) is 0 Å². The third kappa shape index (κ3) is 16.9. The molecule has 0 saturated carbocycles. The van der Waals surface area contributed by atoms with Crippen LogP contribution < -0.4 is 0 Å². The van der Waals surface area contributed by atoms with Crippen molar-refractivity contribution in [3.63, 3.8) is 0 Å². The highest BCUT2D eigenvalue weighted by Crippen LogP contribution is 2.13. The zero-order chi connectivity index (χ0) is 13.7. The molecule has 0 aliphatic carbocycles. The highest BCUT2D eigenvalue weighted by Gasteiger charge is 2.11. The summed E-state index contributed by atoms with van der Waals surface area (Å²) in [6.45, 7) is 0.947. The topological polar surface area (TPSA) is 0 Å². The average molecular weight is 310 g/mol. The molecule has 0 heterocycles. The van der Waals surface area contributed by atoms with Gasteiger partial charge < -0.3 is 0 Å². The molecule has 0 bridgehead atoms. The molecular weight excluding hydrogens is 280 g/mol. The Labute approximate surface area is 126 Å². The zero-order valence-electron chi connectivity index (χ0n) is 12.2. The van der Waals surface area contributed by atoms with Crippen molar-refractivity contribution < 1.29 is 0 Å². The van der Waals surface area contributed by atoms with Gasteiger partial charge in [0.25, 0.3) is 0 Å². The third-order valence-electron chi connectivity index (χ3n) is 3.41. The molecule has 0 aromatic rings. The lowest BCUT2D eigenvalue weighted by atomic mass is 10.1. The van der Waals surface area contributed by atoms with E-state index in [4.69, 9.17) is 0 Å². The van der Waals surface area contributed by atoms with Crippen molar-refractivity contribution >= 4 is 35.9 Å². The predicted molar refractivity (Wildman–Crippen MR) is 88.9 cm³/mol. The van der Waals surface area contributed by atoms with Crippen LogP contribution in [0.4, 0.5) is 0 Å². The van der Waals surface area contributed by atoms with Crippen molar-refractivity contribution in [3.05, 3.63) is 0 Å². The standard InChI is InChI=1S/C14H29Si4/c1-2-3-4-5-6-7-8-9-10-11-12-13-14-18(15,16)17/h2-14H2,1H3. The van der Waals surface area contributed by atoms with E-state index in [1.807, 2.05) is 0 Å². The Morgan fingerprint density at radius 3 is 1.22 bits per heavy atom. The first-order valence-electron chi connectivity index (χ1n) is 7.81. The number of rotatable bonds is 13. The van der Waals surface area contributed by atoms with Crippen LogP contribution in [0.25, 0.3) is 0 Å². The summed E-state index contributed by atoms with van der Waals surface area (Å²) in [4.78, 5) is 0. The van der Waals surface area contributed by atoms with E-state index in [1.54, 1.807) is 0 Å². The maximum Gasteiger partial charge on any atom is 0.0115 e. The third-order valence-corrected chi connectivity index (χ3v) is 6.76. The van der Waals surface area contributed by atoms with Gasteiger partial charge in [-0.15, -0.1) is 0 Å². The van der Waals surface area contributed by atoms with Crippen LogP contribution in [-0.4, -0.2) is 35.9 Å². The molecule has 0 aromatic carbocycles. The molecule has 0 aliphatic rings. The second-order valence-corrected chi connectivity index (χ2v) is 20.0. The molecule has 0 aromatic heterocycles. The molecule has 0 rings (SSSR count). The van der Waals surface area contributed by atoms with Gasteiger partial charge in [0.2, 0.25) is 0 Å². The summed E-state index contributed by atoms with van der Waals surface area (Å²) in [6.07, 6.45) is 17.1. The molecule has 0 amide bonds. The minimum absolute atomic E-state index is 1.27. The maximum atomic E-state index is 3.72. The van der Waals surface area contributed by atoms with E-state index >= 15 is 0 Å². The SMILES string of the molecule is CCCCCCCCCCCCCC[Si]([Si])([Si])[Si]. The van der Waals surface area contributed by atoms with Crippen molar-refractivity contribution in [1.82, 2.24) is 0 Å². The van der Waals surface area contributed by atoms with Gasteiger partial charge in [-0.1, -0.05) is 90.0 Å². The van der Waals surface area contributed by atoms with Crippen LogP contribution in [0.1, 0.15) is 84.0 Å². The van der Waals surface area contributed by atoms with Gasteiger partial charge in [0.05, 0.1) is 0 Å². The maximum absolute atomic E-state index is 3.72. The smallest absolute Gasteiger partial charge is 0.0115 e. The van der Waals surface area contributed by atoms with E-state index in [0.29, 0.717) is 0 Å². The van der Waals surface area contributed by atoms with Gasteiger partial charge in [-0.05, 0) is 0 Å². The summed E-state index contributed by atoms with van der Waals surface area (Å²) < 4.78 is 0. The normalized spacial score (nSPS) is 12.0. The van der Waals surface area contributed by atoms with Gasteiger partial charge in [-0.2, -0.15) is 0 Å². The fourth-order valence-corrected chi connectivity index (χ4v) is 4.60. The molecule has 0 nitrogen and oxygen atoms in total. The molecule has 18 heavy (non-hydrogen) atoms. The highest BCUT2D eigenvalue weighted by atomic mass is 29.8. The number of hydrogen-bond acceptors (Lipinski definition) is 0. The molecule has 0 fully saturated rings. The van der Waals surface area contributed by atoms with Gasteiger partial charge in [-0.3, -0.25) is 0 Å². The van der Waals surface area contributed by atoms with Crippen molar-refractivity contribution in [2.45, 2.75) is 90.0 Å². The van der Waals surface area contributed by atoms with Crippen LogP contribution >= 0.6 is 0 Å². The summed E-state index contributed by atoms with van der Waals surface area (Å²) >= 11 is 0. The van der Waals surface area contributed by atoms with Gasteiger partial charge in [0.15, 0.2) is 0 Å². The van der Waals surface area contributed by atoms with E-state index in [9.17, 15) is 0 Å².